The third kappa shape index (κ3) is 4.48. The highest BCUT2D eigenvalue weighted by molar-refractivity contribution is 9.10. The number of benzene rings is 2. The van der Waals surface area contributed by atoms with Crippen molar-refractivity contribution >= 4 is 21.6 Å². The number of anilines is 1. The van der Waals surface area contributed by atoms with Crippen molar-refractivity contribution in [3.05, 3.63) is 58.1 Å². The normalized spacial score (nSPS) is 10.9. The summed E-state index contributed by atoms with van der Waals surface area (Å²) in [5, 5.41) is 0. The molecule has 0 aromatic heterocycles. The van der Waals surface area contributed by atoms with E-state index in [0.717, 1.165) is 34.6 Å². The molecule has 2 aromatic rings. The average Bonchev–Trinajstić information content (AvgIpc) is 2.44. The highest BCUT2D eigenvalue weighted by Crippen LogP contribution is 2.24. The topological polar surface area (TPSA) is 38.5 Å². The zero-order valence-electron chi connectivity index (χ0n) is 12.5. The van der Waals surface area contributed by atoms with E-state index in [0.29, 0.717) is 6.61 Å². The fraction of sp³-hybridized carbons (Fsp3) is 0.294. The van der Waals surface area contributed by atoms with Crippen LogP contribution in [-0.4, -0.2) is 18.6 Å². The quantitative estimate of drug-likeness (QED) is 0.800. The Labute approximate surface area is 134 Å². The maximum Gasteiger partial charge on any atom is 0.123 e. The Morgan fingerprint density at radius 1 is 1.10 bits per heavy atom. The minimum absolute atomic E-state index is 0.658. The van der Waals surface area contributed by atoms with Gasteiger partial charge >= 0.3 is 0 Å². The van der Waals surface area contributed by atoms with E-state index in [-0.39, 0.29) is 0 Å². The highest BCUT2D eigenvalue weighted by Gasteiger charge is 2.09. The lowest BCUT2D eigenvalue weighted by Gasteiger charge is -2.20. The van der Waals surface area contributed by atoms with E-state index in [4.69, 9.17) is 10.5 Å². The van der Waals surface area contributed by atoms with Crippen LogP contribution in [0.4, 0.5) is 5.69 Å². The van der Waals surface area contributed by atoms with Crippen LogP contribution in [0, 0.1) is 0 Å². The van der Waals surface area contributed by atoms with E-state index in [1.54, 1.807) is 0 Å². The van der Waals surface area contributed by atoms with E-state index in [1.165, 1.54) is 5.56 Å². The molecule has 0 atom stereocenters. The zero-order valence-corrected chi connectivity index (χ0v) is 14.1. The lowest BCUT2D eigenvalue weighted by Crippen LogP contribution is -2.18. The van der Waals surface area contributed by atoms with Gasteiger partial charge in [0.25, 0.3) is 0 Å². The van der Waals surface area contributed by atoms with Crippen LogP contribution in [0.1, 0.15) is 18.1 Å². The van der Waals surface area contributed by atoms with Crippen molar-refractivity contribution in [2.45, 2.75) is 20.0 Å². The Morgan fingerprint density at radius 2 is 1.81 bits per heavy atom. The Kier molecular flexibility index (Phi) is 5.65. The molecule has 0 aliphatic heterocycles. The minimum Gasteiger partial charge on any atom is -0.494 e. The average molecular weight is 349 g/mol. The molecule has 0 spiro atoms. The lowest BCUT2D eigenvalue weighted by molar-refractivity contribution is 0.297. The van der Waals surface area contributed by atoms with Crippen LogP contribution >= 0.6 is 15.9 Å². The smallest absolute Gasteiger partial charge is 0.123 e. The van der Waals surface area contributed by atoms with Gasteiger partial charge in [0.2, 0.25) is 0 Å². The van der Waals surface area contributed by atoms with Crippen molar-refractivity contribution < 1.29 is 4.74 Å². The summed E-state index contributed by atoms with van der Waals surface area (Å²) >= 11 is 3.59. The Balaban J connectivity index is 2.10. The van der Waals surface area contributed by atoms with Crippen molar-refractivity contribution in [2.75, 3.05) is 19.4 Å². The molecule has 0 aliphatic carbocycles. The molecule has 21 heavy (non-hydrogen) atoms. The fourth-order valence-electron chi connectivity index (χ4n) is 2.28. The van der Waals surface area contributed by atoms with E-state index >= 15 is 0 Å². The fourth-order valence-corrected chi connectivity index (χ4v) is 2.69. The lowest BCUT2D eigenvalue weighted by atomic mass is 10.1. The Bertz CT molecular complexity index is 601. The predicted molar refractivity (Wildman–Crippen MR) is 91.3 cm³/mol. The molecule has 0 unspecified atom stereocenters. The van der Waals surface area contributed by atoms with E-state index in [1.807, 2.05) is 31.2 Å². The maximum absolute atomic E-state index is 5.89. The maximum atomic E-state index is 5.89. The first-order valence-electron chi connectivity index (χ1n) is 7.03. The molecule has 2 rings (SSSR count). The number of nitrogen functional groups attached to an aromatic ring is 1. The largest absolute Gasteiger partial charge is 0.494 e. The van der Waals surface area contributed by atoms with Gasteiger partial charge in [0, 0.05) is 28.8 Å². The molecule has 0 amide bonds. The SMILES string of the molecule is CCOc1ccc(N)cc1CN(C)Cc1ccccc1Br. The number of rotatable bonds is 6. The van der Waals surface area contributed by atoms with Gasteiger partial charge in [-0.2, -0.15) is 0 Å². The summed E-state index contributed by atoms with van der Waals surface area (Å²) in [5.74, 6) is 0.908. The van der Waals surface area contributed by atoms with E-state index in [9.17, 15) is 0 Å². The van der Waals surface area contributed by atoms with Gasteiger partial charge in [-0.25, -0.2) is 0 Å². The summed E-state index contributed by atoms with van der Waals surface area (Å²) in [6.07, 6.45) is 0. The number of halogens is 1. The Morgan fingerprint density at radius 3 is 2.52 bits per heavy atom. The minimum atomic E-state index is 0.658. The van der Waals surface area contributed by atoms with Gasteiger partial charge in [-0.3, -0.25) is 4.90 Å². The Hall–Kier alpha value is -1.52. The van der Waals surface area contributed by atoms with Gasteiger partial charge in [0.15, 0.2) is 0 Å². The number of nitrogens with two attached hydrogens (primary N) is 1. The third-order valence-electron chi connectivity index (χ3n) is 3.22. The van der Waals surface area contributed by atoms with Crippen LogP contribution in [0.5, 0.6) is 5.75 Å². The standard InChI is InChI=1S/C17H21BrN2O/c1-3-21-17-9-8-15(19)10-14(17)12-20(2)11-13-6-4-5-7-16(13)18/h4-10H,3,11-12,19H2,1-2H3. The van der Waals surface area contributed by atoms with E-state index < -0.39 is 0 Å². The monoisotopic (exact) mass is 348 g/mol. The zero-order chi connectivity index (χ0) is 15.2. The summed E-state index contributed by atoms with van der Waals surface area (Å²) in [5.41, 5.74) is 9.04. The second-order valence-electron chi connectivity index (χ2n) is 5.06. The molecule has 0 bridgehead atoms. The molecule has 0 saturated heterocycles. The molecular formula is C17H21BrN2O. The first-order chi connectivity index (χ1) is 10.1. The first kappa shape index (κ1) is 15.9. The molecule has 4 heteroatoms. The number of hydrogen-bond acceptors (Lipinski definition) is 3. The number of ether oxygens (including phenoxy) is 1. The van der Waals surface area contributed by atoms with Crippen molar-refractivity contribution in [1.29, 1.82) is 0 Å². The number of hydrogen-bond donors (Lipinski definition) is 1. The van der Waals surface area contributed by atoms with E-state index in [2.05, 4.69) is 46.1 Å². The first-order valence-corrected chi connectivity index (χ1v) is 7.82. The third-order valence-corrected chi connectivity index (χ3v) is 4.00. The van der Waals surface area contributed by atoms with Gasteiger partial charge in [0.05, 0.1) is 6.61 Å². The second-order valence-corrected chi connectivity index (χ2v) is 5.92. The van der Waals surface area contributed by atoms with Crippen LogP contribution in [-0.2, 0) is 13.1 Å². The van der Waals surface area contributed by atoms with Crippen molar-refractivity contribution in [2.24, 2.45) is 0 Å². The second kappa shape index (κ2) is 7.48. The van der Waals surface area contributed by atoms with Crippen molar-refractivity contribution in [3.63, 3.8) is 0 Å². The summed E-state index contributed by atoms with van der Waals surface area (Å²) in [4.78, 5) is 2.25. The number of nitrogens with zero attached hydrogens (tertiary/aromatic N) is 1. The van der Waals surface area contributed by atoms with Crippen LogP contribution in [0.2, 0.25) is 0 Å². The molecule has 112 valence electrons. The van der Waals surface area contributed by atoms with Gasteiger partial charge < -0.3 is 10.5 Å². The van der Waals surface area contributed by atoms with Crippen LogP contribution in [0.25, 0.3) is 0 Å². The molecule has 3 nitrogen and oxygen atoms in total. The molecule has 0 saturated carbocycles. The molecule has 0 heterocycles. The van der Waals surface area contributed by atoms with Crippen molar-refractivity contribution in [1.82, 2.24) is 4.90 Å². The van der Waals surface area contributed by atoms with Crippen LogP contribution in [0.3, 0.4) is 0 Å². The molecule has 2 N–H and O–H groups in total. The predicted octanol–water partition coefficient (Wildman–Crippen LogP) is 4.06. The summed E-state index contributed by atoms with van der Waals surface area (Å²) in [6.45, 7) is 4.30. The molecule has 2 aromatic carbocycles. The summed E-state index contributed by atoms with van der Waals surface area (Å²) in [6, 6.07) is 14.1. The van der Waals surface area contributed by atoms with Gasteiger partial charge in [-0.15, -0.1) is 0 Å². The van der Waals surface area contributed by atoms with Crippen LogP contribution in [0.15, 0.2) is 46.9 Å². The van der Waals surface area contributed by atoms with Crippen LogP contribution < -0.4 is 10.5 Å². The summed E-state index contributed by atoms with van der Waals surface area (Å²) in [7, 11) is 2.10. The highest BCUT2D eigenvalue weighted by atomic mass is 79.9. The van der Waals surface area contributed by atoms with Crippen molar-refractivity contribution in [3.8, 4) is 5.75 Å². The molecule has 0 aliphatic rings. The van der Waals surface area contributed by atoms with Gasteiger partial charge in [0.1, 0.15) is 5.75 Å². The molecular weight excluding hydrogens is 328 g/mol. The van der Waals surface area contributed by atoms with Gasteiger partial charge in [-0.1, -0.05) is 34.1 Å². The summed E-state index contributed by atoms with van der Waals surface area (Å²) < 4.78 is 6.81. The van der Waals surface area contributed by atoms with Gasteiger partial charge in [-0.05, 0) is 43.8 Å². The molecule has 0 radical (unpaired) electrons. The molecule has 0 fully saturated rings.